The van der Waals surface area contributed by atoms with Crippen molar-refractivity contribution in [3.05, 3.63) is 0 Å². The Morgan fingerprint density at radius 3 is 2.08 bits per heavy atom. The maximum absolute atomic E-state index is 12.2. The van der Waals surface area contributed by atoms with Gasteiger partial charge in [-0.05, 0) is 13.3 Å². The van der Waals surface area contributed by atoms with Gasteiger partial charge in [-0.2, -0.15) is 12.6 Å². The first kappa shape index (κ1) is 22.7. The van der Waals surface area contributed by atoms with E-state index in [0.29, 0.717) is 0 Å². The van der Waals surface area contributed by atoms with E-state index in [0.717, 1.165) is 0 Å². The van der Waals surface area contributed by atoms with E-state index >= 15 is 0 Å². The van der Waals surface area contributed by atoms with Crippen LogP contribution in [0.3, 0.4) is 0 Å². The first-order valence-corrected chi connectivity index (χ1v) is 7.97. The molecule has 3 atom stereocenters. The summed E-state index contributed by atoms with van der Waals surface area (Å²) < 4.78 is 0. The molecule has 0 radical (unpaired) electrons. The average Bonchev–Trinajstić information content (AvgIpc) is 2.54. The molecule has 0 aliphatic carbocycles. The first-order valence-electron chi connectivity index (χ1n) is 7.34. The molecule has 0 fully saturated rings. The summed E-state index contributed by atoms with van der Waals surface area (Å²) in [7, 11) is 0. The minimum atomic E-state index is -1.27. The fourth-order valence-corrected chi connectivity index (χ4v) is 1.92. The first-order chi connectivity index (χ1) is 11.6. The lowest BCUT2D eigenvalue weighted by atomic mass is 10.1. The predicted octanol–water partition coefficient (Wildman–Crippen LogP) is -3.30. The maximum Gasteiger partial charge on any atom is 0.327 e. The highest BCUT2D eigenvalue weighted by Gasteiger charge is 2.26. The van der Waals surface area contributed by atoms with Gasteiger partial charge in [0.25, 0.3) is 0 Å². The van der Waals surface area contributed by atoms with Gasteiger partial charge in [0.2, 0.25) is 23.6 Å². The molecule has 0 aromatic heterocycles. The van der Waals surface area contributed by atoms with Gasteiger partial charge >= 0.3 is 5.97 Å². The molecule has 0 spiro atoms. The summed E-state index contributed by atoms with van der Waals surface area (Å²) in [4.78, 5) is 57.2. The number of primary amides is 1. The molecule has 3 unspecified atom stereocenters. The van der Waals surface area contributed by atoms with Gasteiger partial charge in [0.05, 0.1) is 6.54 Å². The van der Waals surface area contributed by atoms with Crippen molar-refractivity contribution in [1.82, 2.24) is 16.0 Å². The number of thiol groups is 1. The zero-order chi connectivity index (χ0) is 19.6. The lowest BCUT2D eigenvalue weighted by Crippen LogP contribution is -2.55. The second-order valence-corrected chi connectivity index (χ2v) is 5.51. The standard InChI is InChI=1S/C13H23N5O6S/c1-6(11(21)18-8(5-25)13(23)24)16-12(22)7(2-3-9(15)19)17-10(20)4-14/h6-8,25H,2-5,14H2,1H3,(H2,15,19)(H,16,22)(H,17,20)(H,18,21)(H,23,24). The van der Waals surface area contributed by atoms with Crippen molar-refractivity contribution in [3.8, 4) is 0 Å². The summed E-state index contributed by atoms with van der Waals surface area (Å²) >= 11 is 3.81. The molecule has 0 aromatic carbocycles. The smallest absolute Gasteiger partial charge is 0.327 e. The van der Waals surface area contributed by atoms with E-state index < -0.39 is 47.7 Å². The van der Waals surface area contributed by atoms with E-state index in [1.807, 2.05) is 0 Å². The molecule has 0 heterocycles. The number of hydrogen-bond acceptors (Lipinski definition) is 7. The number of rotatable bonds is 11. The predicted molar refractivity (Wildman–Crippen MR) is 90.4 cm³/mol. The number of nitrogens with two attached hydrogens (primary N) is 2. The summed E-state index contributed by atoms with van der Waals surface area (Å²) in [6, 6.07) is -3.41. The van der Waals surface area contributed by atoms with E-state index in [-0.39, 0.29) is 25.1 Å². The van der Waals surface area contributed by atoms with Gasteiger partial charge in [-0.15, -0.1) is 0 Å². The van der Waals surface area contributed by atoms with E-state index in [1.165, 1.54) is 6.92 Å². The number of nitrogens with one attached hydrogen (secondary N) is 3. The fourth-order valence-electron chi connectivity index (χ4n) is 1.67. The molecule has 0 aliphatic rings. The molecule has 25 heavy (non-hydrogen) atoms. The van der Waals surface area contributed by atoms with Crippen molar-refractivity contribution in [2.45, 2.75) is 37.9 Å². The van der Waals surface area contributed by atoms with Crippen LogP contribution in [0, 0.1) is 0 Å². The van der Waals surface area contributed by atoms with Crippen LogP contribution in [0.2, 0.25) is 0 Å². The van der Waals surface area contributed by atoms with Crippen molar-refractivity contribution in [2.75, 3.05) is 12.3 Å². The molecule has 12 heteroatoms. The molecule has 4 amide bonds. The highest BCUT2D eigenvalue weighted by molar-refractivity contribution is 7.80. The van der Waals surface area contributed by atoms with Crippen LogP contribution in [-0.2, 0) is 24.0 Å². The Kier molecular flexibility index (Phi) is 10.2. The third-order valence-electron chi connectivity index (χ3n) is 3.07. The van der Waals surface area contributed by atoms with Gasteiger partial charge in [-0.25, -0.2) is 4.79 Å². The summed E-state index contributed by atoms with van der Waals surface area (Å²) in [6.07, 6.45) is -0.236. The van der Waals surface area contributed by atoms with Crippen molar-refractivity contribution >= 4 is 42.2 Å². The van der Waals surface area contributed by atoms with Gasteiger partial charge in [0.15, 0.2) is 0 Å². The van der Waals surface area contributed by atoms with Gasteiger partial charge in [0, 0.05) is 12.2 Å². The number of carbonyl (C=O) groups is 5. The topological polar surface area (TPSA) is 194 Å². The van der Waals surface area contributed by atoms with Crippen LogP contribution in [0.15, 0.2) is 0 Å². The lowest BCUT2D eigenvalue weighted by Gasteiger charge is -2.21. The molecule has 0 bridgehead atoms. The van der Waals surface area contributed by atoms with Crippen molar-refractivity contribution in [1.29, 1.82) is 0 Å². The summed E-state index contributed by atoms with van der Waals surface area (Å²) in [5, 5.41) is 15.7. The number of amides is 4. The Bertz CT molecular complexity index is 529. The molecule has 0 aliphatic heterocycles. The zero-order valence-electron chi connectivity index (χ0n) is 13.7. The minimum Gasteiger partial charge on any atom is -0.480 e. The Labute approximate surface area is 149 Å². The summed E-state index contributed by atoms with van der Waals surface area (Å²) in [6.45, 7) is 0.971. The summed E-state index contributed by atoms with van der Waals surface area (Å²) in [5.41, 5.74) is 10.2. The SMILES string of the molecule is CC(NC(=O)C(CCC(N)=O)NC(=O)CN)C(=O)NC(CS)C(=O)O. The van der Waals surface area contributed by atoms with E-state index in [1.54, 1.807) is 0 Å². The average molecular weight is 377 g/mol. The number of carbonyl (C=O) groups excluding carboxylic acids is 4. The Hall–Kier alpha value is -2.34. The normalized spacial score (nSPS) is 13.9. The van der Waals surface area contributed by atoms with Crippen LogP contribution in [0.1, 0.15) is 19.8 Å². The van der Waals surface area contributed by atoms with Gasteiger partial charge in [-0.3, -0.25) is 19.2 Å². The summed E-state index contributed by atoms with van der Waals surface area (Å²) in [5.74, 6) is -4.16. The number of hydrogen-bond donors (Lipinski definition) is 7. The van der Waals surface area contributed by atoms with Crippen LogP contribution >= 0.6 is 12.6 Å². The second kappa shape index (κ2) is 11.3. The quantitative estimate of drug-likeness (QED) is 0.183. The fraction of sp³-hybridized carbons (Fsp3) is 0.615. The lowest BCUT2D eigenvalue weighted by molar-refractivity contribution is -0.141. The van der Waals surface area contributed by atoms with Crippen LogP contribution in [0.4, 0.5) is 0 Å². The molecule has 11 nitrogen and oxygen atoms in total. The monoisotopic (exact) mass is 377 g/mol. The Morgan fingerprint density at radius 1 is 1.04 bits per heavy atom. The molecule has 142 valence electrons. The molecule has 0 saturated heterocycles. The molecular weight excluding hydrogens is 354 g/mol. The van der Waals surface area contributed by atoms with Crippen molar-refractivity contribution in [2.24, 2.45) is 11.5 Å². The van der Waals surface area contributed by atoms with Crippen LogP contribution < -0.4 is 27.4 Å². The van der Waals surface area contributed by atoms with Crippen molar-refractivity contribution in [3.63, 3.8) is 0 Å². The highest BCUT2D eigenvalue weighted by Crippen LogP contribution is 1.99. The van der Waals surface area contributed by atoms with Gasteiger partial charge in [0.1, 0.15) is 18.1 Å². The van der Waals surface area contributed by atoms with Crippen LogP contribution in [0.5, 0.6) is 0 Å². The molecule has 0 rings (SSSR count). The third-order valence-corrected chi connectivity index (χ3v) is 3.43. The largest absolute Gasteiger partial charge is 0.480 e. The Balaban J connectivity index is 4.83. The van der Waals surface area contributed by atoms with Crippen LogP contribution in [-0.4, -0.2) is 65.1 Å². The molecular formula is C13H23N5O6S. The highest BCUT2D eigenvalue weighted by atomic mass is 32.1. The second-order valence-electron chi connectivity index (χ2n) is 5.14. The molecule has 0 saturated carbocycles. The molecule has 0 aromatic rings. The van der Waals surface area contributed by atoms with Crippen LogP contribution in [0.25, 0.3) is 0 Å². The van der Waals surface area contributed by atoms with Gasteiger partial charge < -0.3 is 32.5 Å². The number of carboxylic acids is 1. The van der Waals surface area contributed by atoms with E-state index in [2.05, 4.69) is 28.6 Å². The number of carboxylic acid groups (broad SMARTS) is 1. The van der Waals surface area contributed by atoms with Gasteiger partial charge in [-0.1, -0.05) is 0 Å². The minimum absolute atomic E-state index is 0.0738. The zero-order valence-corrected chi connectivity index (χ0v) is 14.5. The molecule has 8 N–H and O–H groups in total. The maximum atomic E-state index is 12.2. The third kappa shape index (κ3) is 8.91. The number of aliphatic carboxylic acids is 1. The van der Waals surface area contributed by atoms with Crippen molar-refractivity contribution < 1.29 is 29.1 Å². The Morgan fingerprint density at radius 2 is 1.64 bits per heavy atom. The van der Waals surface area contributed by atoms with E-state index in [9.17, 15) is 24.0 Å². The van der Waals surface area contributed by atoms with E-state index in [4.69, 9.17) is 16.6 Å².